The quantitative estimate of drug-likeness (QED) is 0.614. The smallest absolute Gasteiger partial charge is 0.113 e. The summed E-state index contributed by atoms with van der Waals surface area (Å²) in [7, 11) is 3.72. The molecule has 0 aliphatic carbocycles. The fourth-order valence-corrected chi connectivity index (χ4v) is 1.05. The molecule has 12 heavy (non-hydrogen) atoms. The highest BCUT2D eigenvalue weighted by molar-refractivity contribution is 5.51. The lowest BCUT2D eigenvalue weighted by Crippen LogP contribution is -1.90. The predicted octanol–water partition coefficient (Wildman–Crippen LogP) is 0.621. The van der Waals surface area contributed by atoms with Crippen LogP contribution < -0.4 is 0 Å². The molecule has 2 aromatic heterocycles. The largest absolute Gasteiger partial charge is 0.275 e. The van der Waals surface area contributed by atoms with Gasteiger partial charge in [-0.25, -0.2) is 0 Å². The van der Waals surface area contributed by atoms with Crippen molar-refractivity contribution in [3.63, 3.8) is 0 Å². The summed E-state index contributed by atoms with van der Waals surface area (Å²) >= 11 is 0. The van der Waals surface area contributed by atoms with Gasteiger partial charge in [0.15, 0.2) is 0 Å². The number of rotatable bonds is 1. The van der Waals surface area contributed by atoms with E-state index < -0.39 is 0 Å². The number of hydrogen-bond acceptors (Lipinski definition) is 2. The molecule has 0 saturated heterocycles. The van der Waals surface area contributed by atoms with Gasteiger partial charge in [0, 0.05) is 20.3 Å². The van der Waals surface area contributed by atoms with Gasteiger partial charge in [0.2, 0.25) is 0 Å². The van der Waals surface area contributed by atoms with Gasteiger partial charge in [-0.05, 0) is 12.1 Å². The average molecular weight is 161 g/mol. The highest BCUT2D eigenvalue weighted by atomic mass is 15.3. The third-order valence-corrected chi connectivity index (χ3v) is 1.62. The molecule has 0 spiro atoms. The molecule has 0 aliphatic heterocycles. The number of nitrogens with zero attached hydrogens (tertiary/aromatic N) is 4. The van der Waals surface area contributed by atoms with Crippen molar-refractivity contribution < 1.29 is 0 Å². The van der Waals surface area contributed by atoms with Crippen molar-refractivity contribution in [2.45, 2.75) is 0 Å². The van der Waals surface area contributed by atoms with Crippen LogP contribution in [0, 0.1) is 6.20 Å². The Labute approximate surface area is 70.4 Å². The number of aryl methyl sites for hydroxylation is 2. The van der Waals surface area contributed by atoms with Gasteiger partial charge >= 0.3 is 0 Å². The summed E-state index contributed by atoms with van der Waals surface area (Å²) in [6.45, 7) is 0. The monoisotopic (exact) mass is 161 g/mol. The second-order valence-corrected chi connectivity index (χ2v) is 2.66. The van der Waals surface area contributed by atoms with Gasteiger partial charge in [0.1, 0.15) is 11.4 Å². The SMILES string of the molecule is Cn1[c]cc(-c2ccn(C)n2)n1. The van der Waals surface area contributed by atoms with Crippen molar-refractivity contribution in [1.29, 1.82) is 0 Å². The van der Waals surface area contributed by atoms with Crippen molar-refractivity contribution in [2.75, 3.05) is 0 Å². The summed E-state index contributed by atoms with van der Waals surface area (Å²) in [6.07, 6.45) is 4.83. The first-order chi connectivity index (χ1) is 5.75. The number of hydrogen-bond donors (Lipinski definition) is 0. The molecule has 0 aromatic carbocycles. The maximum atomic E-state index is 4.22. The minimum Gasteiger partial charge on any atom is -0.275 e. The normalized spacial score (nSPS) is 10.5. The molecule has 2 heterocycles. The predicted molar refractivity (Wildman–Crippen MR) is 44.2 cm³/mol. The first kappa shape index (κ1) is 7.09. The fourth-order valence-electron chi connectivity index (χ4n) is 1.05. The summed E-state index contributed by atoms with van der Waals surface area (Å²) in [6, 6.07) is 3.75. The Bertz CT molecular complexity index is 347. The third kappa shape index (κ3) is 1.11. The van der Waals surface area contributed by atoms with Gasteiger partial charge in [-0.15, -0.1) is 0 Å². The molecular weight excluding hydrogens is 152 g/mol. The average Bonchev–Trinajstić information content (AvgIpc) is 2.58. The summed E-state index contributed by atoms with van der Waals surface area (Å²) < 4.78 is 3.40. The van der Waals surface area contributed by atoms with Gasteiger partial charge in [0.25, 0.3) is 0 Å². The minimum atomic E-state index is 0.859. The van der Waals surface area contributed by atoms with E-state index in [4.69, 9.17) is 0 Å². The summed E-state index contributed by atoms with van der Waals surface area (Å²) in [5.41, 5.74) is 1.74. The molecule has 0 aliphatic rings. The van der Waals surface area contributed by atoms with E-state index in [0.29, 0.717) is 0 Å². The topological polar surface area (TPSA) is 35.6 Å². The van der Waals surface area contributed by atoms with Crippen LogP contribution in [0.3, 0.4) is 0 Å². The molecule has 2 aromatic rings. The molecule has 4 heteroatoms. The molecule has 0 amide bonds. The first-order valence-electron chi connectivity index (χ1n) is 3.67. The van der Waals surface area contributed by atoms with Crippen molar-refractivity contribution in [3.05, 3.63) is 24.5 Å². The van der Waals surface area contributed by atoms with Gasteiger partial charge in [0.05, 0.1) is 6.20 Å². The second kappa shape index (κ2) is 2.48. The van der Waals surface area contributed by atoms with Crippen LogP contribution in [0.15, 0.2) is 18.3 Å². The van der Waals surface area contributed by atoms with Crippen molar-refractivity contribution in [2.24, 2.45) is 14.1 Å². The molecule has 61 valence electrons. The third-order valence-electron chi connectivity index (χ3n) is 1.62. The molecule has 1 radical (unpaired) electrons. The van der Waals surface area contributed by atoms with E-state index in [1.807, 2.05) is 32.4 Å². The van der Waals surface area contributed by atoms with Crippen LogP contribution in [0.1, 0.15) is 0 Å². The van der Waals surface area contributed by atoms with E-state index in [9.17, 15) is 0 Å². The Morgan fingerprint density at radius 2 is 2.08 bits per heavy atom. The Hall–Kier alpha value is -1.58. The van der Waals surface area contributed by atoms with E-state index in [1.54, 1.807) is 9.36 Å². The fraction of sp³-hybridized carbons (Fsp3) is 0.250. The van der Waals surface area contributed by atoms with E-state index in [0.717, 1.165) is 11.4 Å². The molecule has 0 N–H and O–H groups in total. The van der Waals surface area contributed by atoms with E-state index in [-0.39, 0.29) is 0 Å². The maximum absolute atomic E-state index is 4.22. The van der Waals surface area contributed by atoms with E-state index in [2.05, 4.69) is 16.4 Å². The molecule has 0 fully saturated rings. The van der Waals surface area contributed by atoms with E-state index >= 15 is 0 Å². The Morgan fingerprint density at radius 3 is 2.58 bits per heavy atom. The molecular formula is C8H9N4. The molecule has 4 nitrogen and oxygen atoms in total. The van der Waals surface area contributed by atoms with Crippen molar-refractivity contribution in [3.8, 4) is 11.4 Å². The lowest BCUT2D eigenvalue weighted by Gasteiger charge is -1.87. The standard InChI is InChI=1S/C8H9N4/c1-11-5-3-7(9-11)8-4-6-12(2)10-8/h3-5H,1-2H3. The first-order valence-corrected chi connectivity index (χ1v) is 3.67. The van der Waals surface area contributed by atoms with Crippen LogP contribution in [0.25, 0.3) is 11.4 Å². The number of aromatic nitrogens is 4. The summed E-state index contributed by atoms with van der Waals surface area (Å²) in [4.78, 5) is 0. The maximum Gasteiger partial charge on any atom is 0.113 e. The second-order valence-electron chi connectivity index (χ2n) is 2.66. The zero-order chi connectivity index (χ0) is 8.55. The molecule has 0 unspecified atom stereocenters. The molecule has 0 bridgehead atoms. The zero-order valence-corrected chi connectivity index (χ0v) is 7.02. The van der Waals surface area contributed by atoms with Gasteiger partial charge in [-0.2, -0.15) is 10.2 Å². The van der Waals surface area contributed by atoms with Crippen LogP contribution in [0.5, 0.6) is 0 Å². The zero-order valence-electron chi connectivity index (χ0n) is 7.02. The lowest BCUT2D eigenvalue weighted by molar-refractivity contribution is 0.752. The van der Waals surface area contributed by atoms with E-state index in [1.165, 1.54) is 0 Å². The Kier molecular flexibility index (Phi) is 1.46. The van der Waals surface area contributed by atoms with Crippen LogP contribution in [-0.2, 0) is 14.1 Å². The van der Waals surface area contributed by atoms with Crippen LogP contribution in [0.4, 0.5) is 0 Å². The molecule has 2 rings (SSSR count). The van der Waals surface area contributed by atoms with Crippen LogP contribution >= 0.6 is 0 Å². The van der Waals surface area contributed by atoms with Gasteiger partial charge in [-0.1, -0.05) is 0 Å². The molecule has 0 atom stereocenters. The lowest BCUT2D eigenvalue weighted by atomic mass is 10.3. The minimum absolute atomic E-state index is 0.859. The Morgan fingerprint density at radius 1 is 1.25 bits per heavy atom. The van der Waals surface area contributed by atoms with Gasteiger partial charge < -0.3 is 0 Å². The highest BCUT2D eigenvalue weighted by Gasteiger charge is 2.02. The molecule has 0 saturated carbocycles. The van der Waals surface area contributed by atoms with Crippen LogP contribution in [0.2, 0.25) is 0 Å². The summed E-state index contributed by atoms with van der Waals surface area (Å²) in [5.74, 6) is 0. The van der Waals surface area contributed by atoms with Gasteiger partial charge in [-0.3, -0.25) is 9.36 Å². The highest BCUT2D eigenvalue weighted by Crippen LogP contribution is 2.11. The van der Waals surface area contributed by atoms with Crippen molar-refractivity contribution in [1.82, 2.24) is 19.6 Å². The van der Waals surface area contributed by atoms with Crippen LogP contribution in [-0.4, -0.2) is 19.6 Å². The summed E-state index contributed by atoms with van der Waals surface area (Å²) in [5, 5.41) is 8.39. The Balaban J connectivity index is 2.43. The van der Waals surface area contributed by atoms with Crippen molar-refractivity contribution >= 4 is 0 Å².